The third-order valence-electron chi connectivity index (χ3n) is 5.49. The van der Waals surface area contributed by atoms with Crippen LogP contribution in [0.25, 0.3) is 10.9 Å². The van der Waals surface area contributed by atoms with E-state index in [1.165, 1.54) is 22.0 Å². The molecule has 4 nitrogen and oxygen atoms in total. The number of rotatable bonds is 2. The molecule has 1 fully saturated rings. The number of aldehydes is 1. The summed E-state index contributed by atoms with van der Waals surface area (Å²) in [6.07, 6.45) is 5.62. The van der Waals surface area contributed by atoms with Crippen LogP contribution < -0.4 is 5.73 Å². The number of hydrogen-bond acceptors (Lipinski definition) is 3. The first kappa shape index (κ1) is 20.7. The van der Waals surface area contributed by atoms with Crippen LogP contribution in [0.15, 0.2) is 24.4 Å². The number of likely N-dealkylation sites (tertiary alicyclic amines) is 1. The van der Waals surface area contributed by atoms with E-state index < -0.39 is 0 Å². The fourth-order valence-corrected chi connectivity index (χ4v) is 4.52. The molecule has 1 saturated heterocycles. The fourth-order valence-electron chi connectivity index (χ4n) is 4.52. The average molecular weight is 358 g/mol. The lowest BCUT2D eigenvalue weighted by Gasteiger charge is -2.44. The second-order valence-corrected chi connectivity index (χ2v) is 7.04. The molecular weight excluding hydrogens is 322 g/mol. The van der Waals surface area contributed by atoms with Crippen LogP contribution in [0.1, 0.15) is 51.2 Å². The number of fused-ring (bicyclic) bond motifs is 2. The van der Waals surface area contributed by atoms with Gasteiger partial charge in [0.15, 0.2) is 0 Å². The van der Waals surface area contributed by atoms with Crippen LogP contribution in [0.5, 0.6) is 0 Å². The molecule has 4 heteroatoms. The molecule has 2 aliphatic rings. The summed E-state index contributed by atoms with van der Waals surface area (Å²) in [6.45, 7) is 10.8. The van der Waals surface area contributed by atoms with Crippen molar-refractivity contribution in [3.63, 3.8) is 0 Å². The van der Waals surface area contributed by atoms with E-state index in [0.29, 0.717) is 12.0 Å². The first-order chi connectivity index (χ1) is 12.6. The minimum absolute atomic E-state index is 0.182. The Morgan fingerprint density at radius 1 is 1.27 bits per heavy atom. The molecule has 26 heavy (non-hydrogen) atoms. The number of nitrogens with zero attached hydrogens (tertiary/aromatic N) is 2. The van der Waals surface area contributed by atoms with Gasteiger partial charge in [0.25, 0.3) is 0 Å². The fraction of sp³-hybridized carbons (Fsp3) is 0.591. The number of benzene rings is 1. The summed E-state index contributed by atoms with van der Waals surface area (Å²) < 4.78 is 2.36. The zero-order valence-corrected chi connectivity index (χ0v) is 17.0. The molecule has 0 spiro atoms. The van der Waals surface area contributed by atoms with E-state index in [2.05, 4.69) is 47.8 Å². The van der Waals surface area contributed by atoms with Gasteiger partial charge in [-0.3, -0.25) is 0 Å². The van der Waals surface area contributed by atoms with E-state index in [9.17, 15) is 4.79 Å². The topological polar surface area (TPSA) is 51.3 Å². The third-order valence-corrected chi connectivity index (χ3v) is 5.49. The van der Waals surface area contributed by atoms with Crippen LogP contribution in [0.4, 0.5) is 0 Å². The number of likely N-dealkylation sites (N-methyl/N-ethyl adjacent to an activating group) is 1. The molecule has 3 atom stereocenters. The molecule has 0 radical (unpaired) electrons. The van der Waals surface area contributed by atoms with Crippen LogP contribution in [-0.2, 0) is 17.8 Å². The lowest BCUT2D eigenvalue weighted by molar-refractivity contribution is -0.113. The SMILES string of the molecule is CC.CCN.CCn1cc2c3c(cccc31)C1CC(C=O)CN(C)C1C2. The smallest absolute Gasteiger partial charge is 0.124 e. The predicted molar refractivity (Wildman–Crippen MR) is 111 cm³/mol. The summed E-state index contributed by atoms with van der Waals surface area (Å²) in [7, 11) is 2.18. The highest BCUT2D eigenvalue weighted by atomic mass is 16.1. The maximum atomic E-state index is 11.3. The summed E-state index contributed by atoms with van der Waals surface area (Å²) in [5, 5.41) is 1.46. The molecule has 3 unspecified atom stereocenters. The van der Waals surface area contributed by atoms with Crippen molar-refractivity contribution in [3.05, 3.63) is 35.5 Å². The van der Waals surface area contributed by atoms with Crippen molar-refractivity contribution in [1.29, 1.82) is 0 Å². The molecule has 2 heterocycles. The number of hydrogen-bond donors (Lipinski definition) is 1. The van der Waals surface area contributed by atoms with Gasteiger partial charge in [-0.25, -0.2) is 0 Å². The second kappa shape index (κ2) is 9.33. The van der Waals surface area contributed by atoms with Gasteiger partial charge in [-0.2, -0.15) is 0 Å². The first-order valence-corrected chi connectivity index (χ1v) is 10.1. The minimum Gasteiger partial charge on any atom is -0.347 e. The van der Waals surface area contributed by atoms with Crippen LogP contribution in [0, 0.1) is 5.92 Å². The molecule has 2 aromatic rings. The summed E-state index contributed by atoms with van der Waals surface area (Å²) in [5.41, 5.74) is 9.16. The largest absolute Gasteiger partial charge is 0.347 e. The van der Waals surface area contributed by atoms with Gasteiger partial charge in [0.2, 0.25) is 0 Å². The zero-order valence-electron chi connectivity index (χ0n) is 17.0. The van der Waals surface area contributed by atoms with Gasteiger partial charge in [0, 0.05) is 48.1 Å². The average Bonchev–Trinajstić information content (AvgIpc) is 3.04. The minimum atomic E-state index is 0.182. The van der Waals surface area contributed by atoms with Gasteiger partial charge in [-0.05, 0) is 50.6 Å². The van der Waals surface area contributed by atoms with Gasteiger partial charge in [0.1, 0.15) is 6.29 Å². The quantitative estimate of drug-likeness (QED) is 0.832. The van der Waals surface area contributed by atoms with Gasteiger partial charge in [-0.15, -0.1) is 0 Å². The number of aryl methyl sites for hydroxylation is 1. The lowest BCUT2D eigenvalue weighted by Crippen LogP contribution is -2.48. The Balaban J connectivity index is 0.000000444. The molecule has 144 valence electrons. The van der Waals surface area contributed by atoms with E-state index in [1.807, 2.05) is 20.8 Å². The number of nitrogens with two attached hydrogens (primary N) is 1. The molecule has 1 aliphatic heterocycles. The Morgan fingerprint density at radius 2 is 1.96 bits per heavy atom. The number of carbonyl (C=O) groups excluding carboxylic acids is 1. The highest BCUT2D eigenvalue weighted by molar-refractivity contribution is 5.89. The second-order valence-electron chi connectivity index (χ2n) is 7.04. The molecular formula is C22H35N3O. The van der Waals surface area contributed by atoms with Gasteiger partial charge >= 0.3 is 0 Å². The van der Waals surface area contributed by atoms with Crippen LogP contribution in [-0.4, -0.2) is 41.9 Å². The van der Waals surface area contributed by atoms with Crippen molar-refractivity contribution in [2.24, 2.45) is 11.7 Å². The van der Waals surface area contributed by atoms with Crippen molar-refractivity contribution >= 4 is 17.2 Å². The van der Waals surface area contributed by atoms with E-state index in [1.54, 1.807) is 0 Å². The molecule has 2 N–H and O–H groups in total. The van der Waals surface area contributed by atoms with E-state index in [0.717, 1.165) is 38.8 Å². The molecule has 0 saturated carbocycles. The van der Waals surface area contributed by atoms with Crippen LogP contribution in [0.3, 0.4) is 0 Å². The Morgan fingerprint density at radius 3 is 2.58 bits per heavy atom. The van der Waals surface area contributed by atoms with Gasteiger partial charge in [0.05, 0.1) is 0 Å². The van der Waals surface area contributed by atoms with Crippen molar-refractivity contribution < 1.29 is 4.79 Å². The van der Waals surface area contributed by atoms with Crippen molar-refractivity contribution in [2.45, 2.75) is 59.0 Å². The molecule has 1 aromatic carbocycles. The molecule has 0 amide bonds. The predicted octanol–water partition coefficient (Wildman–Crippen LogP) is 3.81. The zero-order chi connectivity index (χ0) is 19.3. The monoisotopic (exact) mass is 357 g/mol. The Labute approximate surface area is 158 Å². The molecule has 0 bridgehead atoms. The Kier molecular flexibility index (Phi) is 7.42. The molecule has 1 aromatic heterocycles. The van der Waals surface area contributed by atoms with E-state index in [4.69, 9.17) is 5.73 Å². The highest BCUT2D eigenvalue weighted by Gasteiger charge is 2.39. The Hall–Kier alpha value is -1.65. The summed E-state index contributed by atoms with van der Waals surface area (Å²) >= 11 is 0. The normalized spacial score (nSPS) is 24.0. The van der Waals surface area contributed by atoms with Crippen LogP contribution >= 0.6 is 0 Å². The maximum Gasteiger partial charge on any atom is 0.124 e. The third kappa shape index (κ3) is 3.72. The van der Waals surface area contributed by atoms with E-state index >= 15 is 0 Å². The summed E-state index contributed by atoms with van der Waals surface area (Å²) in [5.74, 6) is 0.684. The Bertz CT molecular complexity index is 721. The molecule has 1 aliphatic carbocycles. The number of carbonyl (C=O) groups is 1. The molecule has 4 rings (SSSR count). The summed E-state index contributed by atoms with van der Waals surface area (Å²) in [4.78, 5) is 13.7. The van der Waals surface area contributed by atoms with Gasteiger partial charge < -0.3 is 20.0 Å². The van der Waals surface area contributed by atoms with Crippen molar-refractivity contribution in [3.8, 4) is 0 Å². The standard InChI is InChI=1S/C18H22N2O.C2H7N.C2H6/c1-3-20-10-13-8-17-15(7-12(11-21)9-19(17)2)14-5-4-6-16(20)18(13)14;1-2-3;1-2/h4-6,10-12,15,17H,3,7-9H2,1-2H3;2-3H2,1H3;1-2H3. The lowest BCUT2D eigenvalue weighted by atomic mass is 9.73. The number of aromatic nitrogens is 1. The van der Waals surface area contributed by atoms with E-state index in [-0.39, 0.29) is 5.92 Å². The number of piperidine rings is 1. The maximum absolute atomic E-state index is 11.3. The summed E-state index contributed by atoms with van der Waals surface area (Å²) in [6, 6.07) is 7.24. The van der Waals surface area contributed by atoms with Gasteiger partial charge in [-0.1, -0.05) is 32.9 Å². The van der Waals surface area contributed by atoms with Crippen molar-refractivity contribution in [1.82, 2.24) is 9.47 Å². The highest BCUT2D eigenvalue weighted by Crippen LogP contribution is 2.44. The van der Waals surface area contributed by atoms with Crippen LogP contribution in [0.2, 0.25) is 0 Å². The first-order valence-electron chi connectivity index (χ1n) is 10.1. The van der Waals surface area contributed by atoms with Crippen molar-refractivity contribution in [2.75, 3.05) is 20.1 Å².